The average molecular weight is 711 g/mol. The summed E-state index contributed by atoms with van der Waals surface area (Å²) in [4.78, 5) is 96.2. The zero-order valence-electron chi connectivity index (χ0n) is 31.2. The number of Topliss-reactive ketones (excluding diaryl/α,β-unsaturated/α-hetero) is 1. The number of alkyl carbamates (subject to hydrolysis) is 1. The number of carbonyl (C=O) groups excluding carboxylic acids is 7. The van der Waals surface area contributed by atoms with E-state index in [1.165, 1.54) is 4.90 Å². The Morgan fingerprint density at radius 3 is 2.10 bits per heavy atom. The summed E-state index contributed by atoms with van der Waals surface area (Å²) in [5.74, 6) is -3.49. The molecule has 6 amide bonds. The van der Waals surface area contributed by atoms with Crippen molar-refractivity contribution in [2.75, 3.05) is 20.6 Å². The predicted octanol–water partition coefficient (Wildman–Crippen LogP) is 2.08. The van der Waals surface area contributed by atoms with Gasteiger partial charge in [0, 0.05) is 20.1 Å². The number of carbonyl (C=O) groups is 7. The Morgan fingerprint density at radius 1 is 0.882 bits per heavy atom. The highest BCUT2D eigenvalue weighted by atomic mass is 16.6. The predicted molar refractivity (Wildman–Crippen MR) is 188 cm³/mol. The Morgan fingerprint density at radius 2 is 1.53 bits per heavy atom. The number of likely N-dealkylation sites (tertiary alicyclic amines) is 1. The number of hydrogen-bond acceptors (Lipinski definition) is 8. The minimum absolute atomic E-state index is 0.108. The number of ketones is 1. The number of likely N-dealkylation sites (N-methyl/N-ethyl adjacent to an activating group) is 1. The molecule has 2 bridgehead atoms. The van der Waals surface area contributed by atoms with E-state index in [-0.39, 0.29) is 30.2 Å². The monoisotopic (exact) mass is 710 g/mol. The highest BCUT2D eigenvalue weighted by molar-refractivity contribution is 6.38. The smallest absolute Gasteiger partial charge is 0.408 e. The van der Waals surface area contributed by atoms with E-state index in [1.54, 1.807) is 70.1 Å². The molecule has 3 fully saturated rings. The van der Waals surface area contributed by atoms with E-state index in [4.69, 9.17) is 4.74 Å². The van der Waals surface area contributed by atoms with Crippen molar-refractivity contribution in [1.82, 2.24) is 31.1 Å². The van der Waals surface area contributed by atoms with Gasteiger partial charge in [0.2, 0.25) is 29.4 Å². The van der Waals surface area contributed by atoms with Crippen molar-refractivity contribution < 1.29 is 38.3 Å². The first-order valence-corrected chi connectivity index (χ1v) is 17.7. The number of ether oxygens (including phenoxy) is 1. The summed E-state index contributed by atoms with van der Waals surface area (Å²) >= 11 is 0. The molecular weight excluding hydrogens is 656 g/mol. The number of benzene rings is 1. The van der Waals surface area contributed by atoms with E-state index in [0.29, 0.717) is 24.3 Å². The maximum atomic E-state index is 14.3. The van der Waals surface area contributed by atoms with Crippen LogP contribution in [0.3, 0.4) is 0 Å². The molecule has 280 valence electrons. The second-order valence-electron chi connectivity index (χ2n) is 16.2. The number of hydrogen-bond donors (Lipinski definition) is 4. The lowest BCUT2D eigenvalue weighted by atomic mass is 9.85. The number of piperidine rings is 1. The zero-order valence-corrected chi connectivity index (χ0v) is 31.2. The maximum absolute atomic E-state index is 14.3. The molecule has 0 spiro atoms. The highest BCUT2D eigenvalue weighted by Gasteiger charge is 2.68. The fraction of sp³-hybridized carbons (Fsp3) is 0.649. The Labute approximate surface area is 300 Å². The third-order valence-electron chi connectivity index (χ3n) is 9.78. The Bertz CT molecular complexity index is 1520. The quantitative estimate of drug-likeness (QED) is 0.225. The first kappa shape index (κ1) is 39.3. The second kappa shape index (κ2) is 15.4. The summed E-state index contributed by atoms with van der Waals surface area (Å²) in [5.41, 5.74) is -0.942. The topological polar surface area (TPSA) is 183 Å². The van der Waals surface area contributed by atoms with Crippen molar-refractivity contribution in [3.63, 3.8) is 0 Å². The highest BCUT2D eigenvalue weighted by Crippen LogP contribution is 2.63. The minimum atomic E-state index is -1.19. The first-order chi connectivity index (χ1) is 23.7. The largest absolute Gasteiger partial charge is 0.444 e. The lowest BCUT2D eigenvalue weighted by molar-refractivity contribution is -0.148. The summed E-state index contributed by atoms with van der Waals surface area (Å²) < 4.78 is 5.45. The molecule has 7 unspecified atom stereocenters. The van der Waals surface area contributed by atoms with Gasteiger partial charge in [0.05, 0.1) is 12.6 Å². The van der Waals surface area contributed by atoms with Crippen molar-refractivity contribution in [3.05, 3.63) is 35.9 Å². The average Bonchev–Trinajstić information content (AvgIpc) is 3.65. The van der Waals surface area contributed by atoms with Crippen LogP contribution in [-0.2, 0) is 33.5 Å². The Kier molecular flexibility index (Phi) is 11.9. The number of amides is 6. The molecule has 3 aliphatic rings. The Balaban J connectivity index is 1.44. The number of nitrogens with one attached hydrogen (secondary N) is 4. The van der Waals surface area contributed by atoms with Crippen molar-refractivity contribution in [3.8, 4) is 0 Å². The van der Waals surface area contributed by atoms with Crippen LogP contribution in [0, 0.1) is 23.2 Å². The van der Waals surface area contributed by atoms with Crippen LogP contribution in [-0.4, -0.2) is 102 Å². The fourth-order valence-corrected chi connectivity index (χ4v) is 7.36. The van der Waals surface area contributed by atoms with Gasteiger partial charge in [0.25, 0.3) is 5.91 Å². The molecule has 2 saturated carbocycles. The minimum Gasteiger partial charge on any atom is -0.444 e. The van der Waals surface area contributed by atoms with Crippen LogP contribution in [0.1, 0.15) is 85.8 Å². The van der Waals surface area contributed by atoms with E-state index >= 15 is 0 Å². The van der Waals surface area contributed by atoms with Crippen LogP contribution in [0.5, 0.6) is 0 Å². The van der Waals surface area contributed by atoms with Gasteiger partial charge in [-0.05, 0) is 68.8 Å². The first-order valence-electron chi connectivity index (χ1n) is 17.7. The molecule has 8 atom stereocenters. The van der Waals surface area contributed by atoms with Crippen molar-refractivity contribution >= 4 is 41.4 Å². The molecule has 4 rings (SSSR count). The molecular formula is C37H54N6O8. The van der Waals surface area contributed by atoms with Crippen LogP contribution < -0.4 is 21.3 Å². The molecule has 4 N–H and O–H groups in total. The molecule has 1 aliphatic heterocycles. The third-order valence-corrected chi connectivity index (χ3v) is 9.78. The normalized spacial score (nSPS) is 23.5. The lowest BCUT2D eigenvalue weighted by Crippen LogP contribution is -2.62. The molecule has 0 radical (unpaired) electrons. The summed E-state index contributed by atoms with van der Waals surface area (Å²) in [6, 6.07) is 4.42. The van der Waals surface area contributed by atoms with Gasteiger partial charge in [-0.3, -0.25) is 28.8 Å². The molecule has 1 aromatic carbocycles. The Hall–Kier alpha value is -4.49. The second-order valence-corrected chi connectivity index (χ2v) is 16.2. The van der Waals surface area contributed by atoms with E-state index in [1.807, 2.05) is 27.7 Å². The summed E-state index contributed by atoms with van der Waals surface area (Å²) in [6.07, 6.45) is 1.42. The van der Waals surface area contributed by atoms with Gasteiger partial charge in [-0.2, -0.15) is 0 Å². The summed E-state index contributed by atoms with van der Waals surface area (Å²) in [6.45, 7) is 11.9. The molecule has 51 heavy (non-hydrogen) atoms. The number of rotatable bonds is 13. The van der Waals surface area contributed by atoms with Gasteiger partial charge in [-0.25, -0.2) is 4.79 Å². The lowest BCUT2D eigenvalue weighted by Gasteiger charge is -2.40. The molecule has 2 aliphatic carbocycles. The van der Waals surface area contributed by atoms with Gasteiger partial charge in [0.15, 0.2) is 0 Å². The third kappa shape index (κ3) is 9.25. The van der Waals surface area contributed by atoms with E-state index in [0.717, 1.165) is 6.42 Å². The molecule has 14 heteroatoms. The zero-order chi connectivity index (χ0) is 38.0. The number of fused-ring (bicyclic) bond motifs is 5. The van der Waals surface area contributed by atoms with Gasteiger partial charge >= 0.3 is 6.09 Å². The molecule has 1 aromatic rings. The van der Waals surface area contributed by atoms with Crippen LogP contribution in [0.15, 0.2) is 30.3 Å². The molecule has 14 nitrogen and oxygen atoms in total. The maximum Gasteiger partial charge on any atom is 0.408 e. The summed E-state index contributed by atoms with van der Waals surface area (Å²) in [5, 5.41) is 10.4. The van der Waals surface area contributed by atoms with Crippen LogP contribution in [0.25, 0.3) is 0 Å². The van der Waals surface area contributed by atoms with Crippen molar-refractivity contribution in [1.29, 1.82) is 0 Å². The van der Waals surface area contributed by atoms with Crippen LogP contribution in [0.2, 0.25) is 0 Å². The van der Waals surface area contributed by atoms with Gasteiger partial charge in [-0.1, -0.05) is 64.4 Å². The molecule has 0 aromatic heterocycles. The van der Waals surface area contributed by atoms with E-state index in [9.17, 15) is 33.6 Å². The van der Waals surface area contributed by atoms with Crippen molar-refractivity contribution in [2.24, 2.45) is 23.2 Å². The molecule has 1 saturated heterocycles. The van der Waals surface area contributed by atoms with Crippen molar-refractivity contribution in [2.45, 2.75) is 110 Å². The van der Waals surface area contributed by atoms with E-state index < -0.39 is 77.2 Å². The standard InChI is InChI=1S/C37H54N6O8/c1-10-14-24(29(45)32(47)38-19-26(44)40-27(33(48)42(8)9)20-15-12-11-13-16-20)39-31(46)28-23-18-25(22-17-21(22)23)43(28)34(49)30(36(2,3)4)41-35(50)51-37(5,6)7/h11-13,15-16,21-25,27-28,30H,10,14,17-19H2,1-9H3,(H,38,47)(H,39,46)(H,40,44)(H,41,50)/t21?,22?,23?,24?,25?,27?,28-,30?/m0/s1. The fourth-order valence-electron chi connectivity index (χ4n) is 7.36. The van der Waals surface area contributed by atoms with Crippen LogP contribution >= 0.6 is 0 Å². The van der Waals surface area contributed by atoms with Gasteiger partial charge < -0.3 is 35.8 Å². The molecule has 1 heterocycles. The summed E-state index contributed by atoms with van der Waals surface area (Å²) in [7, 11) is 3.12. The number of nitrogens with zero attached hydrogens (tertiary/aromatic N) is 2. The van der Waals surface area contributed by atoms with Crippen LogP contribution in [0.4, 0.5) is 4.79 Å². The SMILES string of the molecule is CCCC(NC(=O)[C@@H]1C2CC(C3CC32)N1C(=O)C(NC(=O)OC(C)(C)C)C(C)(C)C)C(=O)C(=O)NCC(=O)NC(C(=O)N(C)C)c1ccccc1. The van der Waals surface area contributed by atoms with E-state index in [2.05, 4.69) is 21.3 Å². The van der Waals surface area contributed by atoms with Gasteiger partial charge in [0.1, 0.15) is 23.7 Å². The van der Waals surface area contributed by atoms with Gasteiger partial charge in [-0.15, -0.1) is 0 Å².